The number of hydrogen-bond acceptors (Lipinski definition) is 4. The molecule has 0 aliphatic carbocycles. The molecule has 0 bridgehead atoms. The molecule has 1 N–H and O–H groups in total. The van der Waals surface area contributed by atoms with Crippen LogP contribution in [0.5, 0.6) is 11.5 Å². The minimum Gasteiger partial charge on any atom is -0.490 e. The smallest absolute Gasteiger partial charge is 0.271 e. The second-order valence-corrected chi connectivity index (χ2v) is 7.75. The molecule has 1 aromatic heterocycles. The maximum Gasteiger partial charge on any atom is 0.271 e. The van der Waals surface area contributed by atoms with E-state index in [4.69, 9.17) is 9.47 Å². The normalized spacial score (nSPS) is 10.9. The summed E-state index contributed by atoms with van der Waals surface area (Å²) in [6.45, 7) is 4.94. The number of carbonyl (C=O) groups is 1. The minimum absolute atomic E-state index is 0.279. The van der Waals surface area contributed by atoms with E-state index in [9.17, 15) is 4.79 Å². The zero-order valence-electron chi connectivity index (χ0n) is 19.3. The third-order valence-electron chi connectivity index (χ3n) is 5.19. The molecule has 3 aromatic carbocycles. The summed E-state index contributed by atoms with van der Waals surface area (Å²) in [7, 11) is 0. The fourth-order valence-electron chi connectivity index (χ4n) is 3.36. The number of nitrogens with zero attached hydrogens (tertiary/aromatic N) is 2. The Morgan fingerprint density at radius 3 is 2.38 bits per heavy atom. The third-order valence-corrected chi connectivity index (χ3v) is 5.19. The number of aromatic nitrogens is 1. The first-order valence-electron chi connectivity index (χ1n) is 11.1. The molecule has 0 aliphatic heterocycles. The summed E-state index contributed by atoms with van der Waals surface area (Å²) in [5.41, 5.74) is 7.17. The lowest BCUT2D eigenvalue weighted by Crippen LogP contribution is -2.17. The molecular formula is C28H27N3O3. The maximum absolute atomic E-state index is 12.4. The van der Waals surface area contributed by atoms with Gasteiger partial charge in [-0.05, 0) is 79.6 Å². The van der Waals surface area contributed by atoms with Crippen molar-refractivity contribution in [3.05, 3.63) is 114 Å². The van der Waals surface area contributed by atoms with Gasteiger partial charge in [0.25, 0.3) is 5.91 Å². The van der Waals surface area contributed by atoms with Gasteiger partial charge in [-0.25, -0.2) is 5.43 Å². The Kier molecular flexibility index (Phi) is 7.40. The summed E-state index contributed by atoms with van der Waals surface area (Å²) in [5, 5.41) is 4.10. The summed E-state index contributed by atoms with van der Waals surface area (Å²) in [5.74, 6) is 1.01. The van der Waals surface area contributed by atoms with Gasteiger partial charge in [0.15, 0.2) is 11.5 Å². The molecule has 0 unspecified atom stereocenters. The van der Waals surface area contributed by atoms with Crippen LogP contribution in [-0.2, 0) is 6.61 Å². The quantitative estimate of drug-likeness (QED) is 0.268. The van der Waals surface area contributed by atoms with Crippen molar-refractivity contribution in [2.75, 3.05) is 6.61 Å². The number of hydrogen-bond donors (Lipinski definition) is 1. The van der Waals surface area contributed by atoms with E-state index in [1.165, 1.54) is 5.56 Å². The molecule has 172 valence electrons. The average molecular weight is 454 g/mol. The molecule has 6 heteroatoms. The molecule has 1 heterocycles. The van der Waals surface area contributed by atoms with Crippen molar-refractivity contribution in [3.63, 3.8) is 0 Å². The zero-order chi connectivity index (χ0) is 23.8. The van der Waals surface area contributed by atoms with Crippen LogP contribution in [0.2, 0.25) is 0 Å². The van der Waals surface area contributed by atoms with Crippen LogP contribution in [0.4, 0.5) is 0 Å². The summed E-state index contributed by atoms with van der Waals surface area (Å²) >= 11 is 0. The minimum atomic E-state index is -0.279. The van der Waals surface area contributed by atoms with Crippen molar-refractivity contribution < 1.29 is 14.3 Å². The van der Waals surface area contributed by atoms with Gasteiger partial charge in [-0.1, -0.05) is 29.8 Å². The van der Waals surface area contributed by atoms with Crippen LogP contribution in [0.25, 0.3) is 5.69 Å². The Balaban J connectivity index is 1.37. The fraction of sp³-hybridized carbons (Fsp3) is 0.143. The first-order chi connectivity index (χ1) is 16.6. The SMILES string of the molecule is CCOc1cc(/C=N/NC(=O)c2ccc(-n3cccc3)cc2)ccc1OCc1ccc(C)cc1. The molecule has 0 radical (unpaired) electrons. The number of amides is 1. The van der Waals surface area contributed by atoms with E-state index in [-0.39, 0.29) is 5.91 Å². The van der Waals surface area contributed by atoms with Crippen LogP contribution in [0, 0.1) is 6.92 Å². The third kappa shape index (κ3) is 5.92. The van der Waals surface area contributed by atoms with E-state index in [0.717, 1.165) is 16.8 Å². The molecule has 6 nitrogen and oxygen atoms in total. The van der Waals surface area contributed by atoms with Crippen molar-refractivity contribution in [1.29, 1.82) is 0 Å². The Labute approximate surface area is 199 Å². The van der Waals surface area contributed by atoms with Gasteiger partial charge in [0.1, 0.15) is 6.61 Å². The van der Waals surface area contributed by atoms with E-state index in [2.05, 4.69) is 29.6 Å². The lowest BCUT2D eigenvalue weighted by atomic mass is 10.2. The van der Waals surface area contributed by atoms with E-state index in [1.54, 1.807) is 18.3 Å². The van der Waals surface area contributed by atoms with Crippen LogP contribution in [-0.4, -0.2) is 23.3 Å². The highest BCUT2D eigenvalue weighted by Crippen LogP contribution is 2.29. The maximum atomic E-state index is 12.4. The summed E-state index contributed by atoms with van der Waals surface area (Å²) in [6.07, 6.45) is 5.49. The molecule has 0 fully saturated rings. The summed E-state index contributed by atoms with van der Waals surface area (Å²) in [6, 6.07) is 25.0. The van der Waals surface area contributed by atoms with Gasteiger partial charge >= 0.3 is 0 Å². The monoisotopic (exact) mass is 453 g/mol. The molecule has 34 heavy (non-hydrogen) atoms. The van der Waals surface area contributed by atoms with Crippen LogP contribution in [0.1, 0.15) is 34.0 Å². The highest BCUT2D eigenvalue weighted by molar-refractivity contribution is 5.95. The highest BCUT2D eigenvalue weighted by Gasteiger charge is 2.08. The lowest BCUT2D eigenvalue weighted by Gasteiger charge is -2.13. The van der Waals surface area contributed by atoms with Crippen molar-refractivity contribution in [3.8, 4) is 17.2 Å². The topological polar surface area (TPSA) is 64.8 Å². The Hall–Kier alpha value is -4.32. The van der Waals surface area contributed by atoms with E-state index < -0.39 is 0 Å². The zero-order valence-corrected chi connectivity index (χ0v) is 19.3. The van der Waals surface area contributed by atoms with Gasteiger partial charge < -0.3 is 14.0 Å². The second-order valence-electron chi connectivity index (χ2n) is 7.75. The second kappa shape index (κ2) is 11.0. The molecule has 0 saturated heterocycles. The van der Waals surface area contributed by atoms with Crippen molar-refractivity contribution in [2.24, 2.45) is 5.10 Å². The van der Waals surface area contributed by atoms with Gasteiger partial charge in [-0.3, -0.25) is 4.79 Å². The number of ether oxygens (including phenoxy) is 2. The molecular weight excluding hydrogens is 426 g/mol. The van der Waals surface area contributed by atoms with Gasteiger partial charge in [0.05, 0.1) is 12.8 Å². The summed E-state index contributed by atoms with van der Waals surface area (Å²) in [4.78, 5) is 12.4. The molecule has 0 spiro atoms. The first kappa shape index (κ1) is 22.9. The molecule has 4 aromatic rings. The predicted molar refractivity (Wildman–Crippen MR) is 134 cm³/mol. The molecule has 0 saturated carbocycles. The standard InChI is InChI=1S/C28H27N3O3/c1-3-33-27-18-23(10-15-26(27)34-20-22-8-6-21(2)7-9-22)19-29-30-28(32)24-11-13-25(14-12-24)31-16-4-5-17-31/h4-19H,3,20H2,1-2H3,(H,30,32)/b29-19+. The van der Waals surface area contributed by atoms with Crippen LogP contribution in [0.3, 0.4) is 0 Å². The Bertz CT molecular complexity index is 1250. The van der Waals surface area contributed by atoms with Crippen LogP contribution >= 0.6 is 0 Å². The van der Waals surface area contributed by atoms with Crippen molar-refractivity contribution in [1.82, 2.24) is 9.99 Å². The van der Waals surface area contributed by atoms with Crippen LogP contribution < -0.4 is 14.9 Å². The number of aryl methyl sites for hydroxylation is 1. The average Bonchev–Trinajstić information content (AvgIpc) is 3.40. The number of hydrazone groups is 1. The number of nitrogens with one attached hydrogen (secondary N) is 1. The van der Waals surface area contributed by atoms with Gasteiger partial charge in [0, 0.05) is 23.6 Å². The molecule has 0 aliphatic rings. The Morgan fingerprint density at radius 2 is 1.68 bits per heavy atom. The fourth-order valence-corrected chi connectivity index (χ4v) is 3.36. The highest BCUT2D eigenvalue weighted by atomic mass is 16.5. The molecule has 1 amide bonds. The van der Waals surface area contributed by atoms with E-state index >= 15 is 0 Å². The van der Waals surface area contributed by atoms with Crippen molar-refractivity contribution in [2.45, 2.75) is 20.5 Å². The van der Waals surface area contributed by atoms with Gasteiger partial charge in [-0.2, -0.15) is 5.10 Å². The number of benzene rings is 3. The van der Waals surface area contributed by atoms with Gasteiger partial charge in [0.2, 0.25) is 0 Å². The number of carbonyl (C=O) groups excluding carboxylic acids is 1. The van der Waals surface area contributed by atoms with Crippen molar-refractivity contribution >= 4 is 12.1 Å². The largest absolute Gasteiger partial charge is 0.490 e. The van der Waals surface area contributed by atoms with E-state index in [0.29, 0.717) is 30.3 Å². The molecule has 0 atom stereocenters. The van der Waals surface area contributed by atoms with Crippen LogP contribution in [0.15, 0.2) is 96.4 Å². The Morgan fingerprint density at radius 1 is 0.941 bits per heavy atom. The molecule has 4 rings (SSSR count). The van der Waals surface area contributed by atoms with E-state index in [1.807, 2.05) is 78.5 Å². The number of rotatable bonds is 9. The van der Waals surface area contributed by atoms with Gasteiger partial charge in [-0.15, -0.1) is 0 Å². The summed E-state index contributed by atoms with van der Waals surface area (Å²) < 4.78 is 13.7. The first-order valence-corrected chi connectivity index (χ1v) is 11.1. The lowest BCUT2D eigenvalue weighted by molar-refractivity contribution is 0.0955. The predicted octanol–water partition coefficient (Wildman–Crippen LogP) is 5.53.